The third kappa shape index (κ3) is 4.52. The highest BCUT2D eigenvalue weighted by atomic mass is 32.2. The zero-order chi connectivity index (χ0) is 16.4. The predicted molar refractivity (Wildman–Crippen MR) is 83.3 cm³/mol. The lowest BCUT2D eigenvalue weighted by Gasteiger charge is -2.08. The number of nitrogens with one attached hydrogen (secondary N) is 3. The molecule has 3 N–H and O–H groups in total. The van der Waals surface area contributed by atoms with Crippen molar-refractivity contribution in [3.8, 4) is 0 Å². The van der Waals surface area contributed by atoms with E-state index in [2.05, 4.69) is 15.4 Å². The van der Waals surface area contributed by atoms with E-state index >= 15 is 0 Å². The number of carbonyl (C=O) groups is 2. The quantitative estimate of drug-likeness (QED) is 0.658. The van der Waals surface area contributed by atoms with E-state index in [1.54, 1.807) is 0 Å². The van der Waals surface area contributed by atoms with Crippen molar-refractivity contribution in [2.45, 2.75) is 42.7 Å². The Morgan fingerprint density at radius 2 is 1.78 bits per heavy atom. The minimum absolute atomic E-state index is 0.00334. The summed E-state index contributed by atoms with van der Waals surface area (Å²) in [5.41, 5.74) is 0.211. The SMILES string of the molecule is O=C(CNC(=O)c1cccc(S(=O)(=O)NC2CC2)c1)NC1CC1. The molecule has 0 aliphatic heterocycles. The van der Waals surface area contributed by atoms with Crippen molar-refractivity contribution in [3.05, 3.63) is 29.8 Å². The molecule has 0 heterocycles. The van der Waals surface area contributed by atoms with E-state index in [4.69, 9.17) is 0 Å². The van der Waals surface area contributed by atoms with E-state index in [0.29, 0.717) is 0 Å². The van der Waals surface area contributed by atoms with Crippen molar-refractivity contribution in [1.29, 1.82) is 0 Å². The molecule has 1 aromatic rings. The molecule has 2 saturated carbocycles. The topological polar surface area (TPSA) is 104 Å². The molecule has 2 aliphatic carbocycles. The van der Waals surface area contributed by atoms with Crippen molar-refractivity contribution >= 4 is 21.8 Å². The van der Waals surface area contributed by atoms with Crippen LogP contribution in [0.25, 0.3) is 0 Å². The molecular formula is C15H19N3O4S. The minimum Gasteiger partial charge on any atom is -0.352 e. The van der Waals surface area contributed by atoms with Crippen LogP contribution in [-0.4, -0.2) is 38.9 Å². The first-order chi connectivity index (χ1) is 10.9. The van der Waals surface area contributed by atoms with Crippen LogP contribution in [0, 0.1) is 0 Å². The Kier molecular flexibility index (Phi) is 4.36. The van der Waals surface area contributed by atoms with E-state index < -0.39 is 15.9 Å². The summed E-state index contributed by atoms with van der Waals surface area (Å²) in [6, 6.07) is 6.04. The number of rotatable bonds is 7. The minimum atomic E-state index is -3.60. The molecule has 1 aromatic carbocycles. The van der Waals surface area contributed by atoms with Crippen LogP contribution in [0.3, 0.4) is 0 Å². The number of hydrogen-bond acceptors (Lipinski definition) is 4. The first kappa shape index (κ1) is 15.9. The lowest BCUT2D eigenvalue weighted by atomic mass is 10.2. The highest BCUT2D eigenvalue weighted by Crippen LogP contribution is 2.22. The Hall–Kier alpha value is -1.93. The van der Waals surface area contributed by atoms with Crippen LogP contribution in [0.1, 0.15) is 36.0 Å². The summed E-state index contributed by atoms with van der Waals surface area (Å²) in [6.07, 6.45) is 3.65. The number of amides is 2. The third-order valence-corrected chi connectivity index (χ3v) is 5.18. The second kappa shape index (κ2) is 6.29. The van der Waals surface area contributed by atoms with Gasteiger partial charge in [0.15, 0.2) is 0 Å². The molecule has 2 fully saturated rings. The summed E-state index contributed by atoms with van der Waals surface area (Å²) >= 11 is 0. The molecule has 0 radical (unpaired) electrons. The van der Waals surface area contributed by atoms with E-state index in [1.807, 2.05) is 0 Å². The molecule has 0 atom stereocenters. The smallest absolute Gasteiger partial charge is 0.251 e. The van der Waals surface area contributed by atoms with Crippen molar-refractivity contribution in [1.82, 2.24) is 15.4 Å². The lowest BCUT2D eigenvalue weighted by molar-refractivity contribution is -0.120. The second-order valence-electron chi connectivity index (χ2n) is 5.95. The molecule has 124 valence electrons. The third-order valence-electron chi connectivity index (χ3n) is 3.66. The second-order valence-corrected chi connectivity index (χ2v) is 7.66. The molecule has 0 spiro atoms. The summed E-state index contributed by atoms with van der Waals surface area (Å²) in [6.45, 7) is -0.118. The molecule has 3 rings (SSSR count). The molecule has 0 bridgehead atoms. The van der Waals surface area contributed by atoms with Gasteiger partial charge in [-0.15, -0.1) is 0 Å². The van der Waals surface area contributed by atoms with Crippen LogP contribution in [0.5, 0.6) is 0 Å². The van der Waals surface area contributed by atoms with Gasteiger partial charge in [-0.05, 0) is 43.9 Å². The van der Waals surface area contributed by atoms with Crippen LogP contribution in [0.2, 0.25) is 0 Å². The number of carbonyl (C=O) groups excluding carboxylic acids is 2. The molecule has 0 unspecified atom stereocenters. The van der Waals surface area contributed by atoms with Gasteiger partial charge >= 0.3 is 0 Å². The van der Waals surface area contributed by atoms with Crippen LogP contribution in [0.4, 0.5) is 0 Å². The monoisotopic (exact) mass is 337 g/mol. The Morgan fingerprint density at radius 3 is 2.43 bits per heavy atom. The van der Waals surface area contributed by atoms with Crippen molar-refractivity contribution < 1.29 is 18.0 Å². The largest absolute Gasteiger partial charge is 0.352 e. The summed E-state index contributed by atoms with van der Waals surface area (Å²) in [7, 11) is -3.60. The zero-order valence-electron chi connectivity index (χ0n) is 12.5. The highest BCUT2D eigenvalue weighted by molar-refractivity contribution is 7.89. The molecule has 7 nitrogen and oxygen atoms in total. The fourth-order valence-corrected chi connectivity index (χ4v) is 3.41. The molecule has 0 aromatic heterocycles. The maximum absolute atomic E-state index is 12.1. The average Bonchev–Trinajstić information content (AvgIpc) is 3.42. The van der Waals surface area contributed by atoms with Crippen molar-refractivity contribution in [2.75, 3.05) is 6.54 Å². The van der Waals surface area contributed by atoms with Gasteiger partial charge < -0.3 is 10.6 Å². The van der Waals surface area contributed by atoms with Crippen LogP contribution in [-0.2, 0) is 14.8 Å². The zero-order valence-corrected chi connectivity index (χ0v) is 13.4. The number of sulfonamides is 1. The van der Waals surface area contributed by atoms with Gasteiger partial charge in [0.1, 0.15) is 0 Å². The fraction of sp³-hybridized carbons (Fsp3) is 0.467. The first-order valence-electron chi connectivity index (χ1n) is 7.64. The maximum atomic E-state index is 12.1. The number of benzene rings is 1. The Balaban J connectivity index is 1.61. The molecule has 2 aliphatic rings. The standard InChI is InChI=1S/C15H19N3O4S/c19-14(17-11-4-5-11)9-16-15(20)10-2-1-3-13(8-10)23(21,22)18-12-6-7-12/h1-3,8,11-12,18H,4-7,9H2,(H,16,20)(H,17,19). The fourth-order valence-electron chi connectivity index (χ4n) is 2.06. The summed E-state index contributed by atoms with van der Waals surface area (Å²) in [4.78, 5) is 23.7. The van der Waals surface area contributed by atoms with Crippen LogP contribution in [0.15, 0.2) is 29.2 Å². The van der Waals surface area contributed by atoms with Gasteiger partial charge in [0.2, 0.25) is 15.9 Å². The van der Waals surface area contributed by atoms with Gasteiger partial charge in [0, 0.05) is 17.6 Å². The molecule has 23 heavy (non-hydrogen) atoms. The molecule has 8 heteroatoms. The Bertz CT molecular complexity index is 724. The predicted octanol–water partition coefficient (Wildman–Crippen LogP) is 0.136. The van der Waals surface area contributed by atoms with Crippen LogP contribution >= 0.6 is 0 Å². The van der Waals surface area contributed by atoms with Gasteiger partial charge in [0.25, 0.3) is 5.91 Å². The first-order valence-corrected chi connectivity index (χ1v) is 9.12. The van der Waals surface area contributed by atoms with E-state index in [-0.39, 0.29) is 35.0 Å². The maximum Gasteiger partial charge on any atom is 0.251 e. The van der Waals surface area contributed by atoms with Crippen LogP contribution < -0.4 is 15.4 Å². The Morgan fingerprint density at radius 1 is 1.09 bits per heavy atom. The van der Waals surface area contributed by atoms with Gasteiger partial charge in [-0.2, -0.15) is 0 Å². The van der Waals surface area contributed by atoms with E-state index in [0.717, 1.165) is 25.7 Å². The van der Waals surface area contributed by atoms with E-state index in [9.17, 15) is 18.0 Å². The normalized spacial score (nSPS) is 17.6. The highest BCUT2D eigenvalue weighted by Gasteiger charge is 2.28. The van der Waals surface area contributed by atoms with Gasteiger partial charge in [-0.3, -0.25) is 9.59 Å². The van der Waals surface area contributed by atoms with Gasteiger partial charge in [0.05, 0.1) is 11.4 Å². The molecule has 2 amide bonds. The summed E-state index contributed by atoms with van der Waals surface area (Å²) in [5.74, 6) is -0.709. The number of hydrogen-bond donors (Lipinski definition) is 3. The summed E-state index contributed by atoms with van der Waals surface area (Å²) < 4.78 is 26.9. The van der Waals surface area contributed by atoms with Crippen molar-refractivity contribution in [2.24, 2.45) is 0 Å². The van der Waals surface area contributed by atoms with E-state index in [1.165, 1.54) is 24.3 Å². The van der Waals surface area contributed by atoms with Gasteiger partial charge in [-0.25, -0.2) is 13.1 Å². The average molecular weight is 337 g/mol. The summed E-state index contributed by atoms with van der Waals surface area (Å²) in [5, 5.41) is 5.26. The van der Waals surface area contributed by atoms with Gasteiger partial charge in [-0.1, -0.05) is 6.07 Å². The Labute approximate surface area is 134 Å². The molecule has 0 saturated heterocycles. The molecular weight excluding hydrogens is 318 g/mol. The van der Waals surface area contributed by atoms with Crippen molar-refractivity contribution in [3.63, 3.8) is 0 Å². The lowest BCUT2D eigenvalue weighted by Crippen LogP contribution is -2.37.